The zero-order valence-electron chi connectivity index (χ0n) is 7.91. The molecule has 0 aromatic carbocycles. The Morgan fingerprint density at radius 3 is 2.67 bits per heavy atom. The molecule has 0 aromatic heterocycles. The van der Waals surface area contributed by atoms with E-state index in [4.69, 9.17) is 5.26 Å². The lowest BCUT2D eigenvalue weighted by molar-refractivity contribution is -0.0361. The Balaban J connectivity index is 2.76. The van der Waals surface area contributed by atoms with Gasteiger partial charge in [0.15, 0.2) is 5.60 Å². The molecule has 1 rings (SSSR count). The molecule has 12 heavy (non-hydrogen) atoms. The van der Waals surface area contributed by atoms with Crippen LogP contribution in [0.5, 0.6) is 0 Å². The topological polar surface area (TPSA) is 47.3 Å². The third kappa shape index (κ3) is 1.45. The maximum Gasteiger partial charge on any atom is 0.156 e. The second-order valence-electron chi connectivity index (χ2n) is 3.93. The van der Waals surface area contributed by atoms with Gasteiger partial charge in [0, 0.05) is 24.9 Å². The fourth-order valence-electron chi connectivity index (χ4n) is 1.73. The van der Waals surface area contributed by atoms with Crippen molar-refractivity contribution < 1.29 is 5.11 Å². The van der Waals surface area contributed by atoms with E-state index in [0.717, 1.165) is 6.54 Å². The second kappa shape index (κ2) is 3.04. The minimum atomic E-state index is -1.11. The Morgan fingerprint density at radius 2 is 2.17 bits per heavy atom. The molecule has 1 heterocycles. The lowest BCUT2D eigenvalue weighted by Crippen LogP contribution is -2.52. The number of likely N-dealkylation sites (tertiary alicyclic amines) is 1. The van der Waals surface area contributed by atoms with Crippen molar-refractivity contribution in [2.24, 2.45) is 5.92 Å². The lowest BCUT2D eigenvalue weighted by atomic mass is 9.80. The van der Waals surface area contributed by atoms with E-state index in [-0.39, 0.29) is 5.92 Å². The first kappa shape index (κ1) is 9.50. The normalized spacial score (nSPS) is 43.9. The Bertz CT molecular complexity index is 211. The average Bonchev–Trinajstić information content (AvgIpc) is 2.01. The highest BCUT2D eigenvalue weighted by Gasteiger charge is 2.41. The van der Waals surface area contributed by atoms with Gasteiger partial charge >= 0.3 is 0 Å². The summed E-state index contributed by atoms with van der Waals surface area (Å²) in [6.07, 6.45) is 0.557. The summed E-state index contributed by atoms with van der Waals surface area (Å²) in [6, 6.07) is 2.31. The standard InChI is InChI=1S/C9H16N2O/c1-7-5-11(3)8(2)4-9(7,12)6-10/h7-8,12H,4-5H2,1-3H3/t7-,8+,9-/m0/s1. The Labute approximate surface area is 73.6 Å². The molecule has 0 saturated carbocycles. The number of aliphatic hydroxyl groups is 1. The molecule has 68 valence electrons. The largest absolute Gasteiger partial charge is 0.375 e. The molecule has 0 radical (unpaired) electrons. The van der Waals surface area contributed by atoms with Gasteiger partial charge < -0.3 is 10.0 Å². The van der Waals surface area contributed by atoms with Crippen LogP contribution >= 0.6 is 0 Å². The van der Waals surface area contributed by atoms with Crippen LogP contribution in [-0.4, -0.2) is 35.2 Å². The summed E-state index contributed by atoms with van der Waals surface area (Å²) < 4.78 is 0. The molecular weight excluding hydrogens is 152 g/mol. The van der Waals surface area contributed by atoms with Crippen LogP contribution in [0.25, 0.3) is 0 Å². The third-order valence-corrected chi connectivity index (χ3v) is 2.93. The minimum Gasteiger partial charge on any atom is -0.375 e. The van der Waals surface area contributed by atoms with Gasteiger partial charge in [0.1, 0.15) is 0 Å². The highest BCUT2D eigenvalue weighted by atomic mass is 16.3. The first-order valence-corrected chi connectivity index (χ1v) is 4.33. The fraction of sp³-hybridized carbons (Fsp3) is 0.889. The fourth-order valence-corrected chi connectivity index (χ4v) is 1.73. The zero-order chi connectivity index (χ0) is 9.35. The third-order valence-electron chi connectivity index (χ3n) is 2.93. The van der Waals surface area contributed by atoms with Crippen molar-refractivity contribution >= 4 is 0 Å². The van der Waals surface area contributed by atoms with Gasteiger partial charge in [0.05, 0.1) is 6.07 Å². The summed E-state index contributed by atoms with van der Waals surface area (Å²) in [7, 11) is 2.03. The van der Waals surface area contributed by atoms with Gasteiger partial charge in [-0.1, -0.05) is 6.92 Å². The van der Waals surface area contributed by atoms with E-state index < -0.39 is 5.60 Å². The Morgan fingerprint density at radius 1 is 1.58 bits per heavy atom. The van der Waals surface area contributed by atoms with E-state index >= 15 is 0 Å². The van der Waals surface area contributed by atoms with E-state index in [1.807, 2.05) is 27.0 Å². The van der Waals surface area contributed by atoms with Gasteiger partial charge in [-0.2, -0.15) is 5.26 Å². The number of nitrogens with zero attached hydrogens (tertiary/aromatic N) is 2. The monoisotopic (exact) mass is 168 g/mol. The molecule has 1 fully saturated rings. The van der Waals surface area contributed by atoms with Crippen LogP contribution in [0.1, 0.15) is 20.3 Å². The molecule has 1 aliphatic heterocycles. The van der Waals surface area contributed by atoms with Crippen LogP contribution in [0.2, 0.25) is 0 Å². The summed E-state index contributed by atoms with van der Waals surface area (Å²) >= 11 is 0. The number of rotatable bonds is 0. The smallest absolute Gasteiger partial charge is 0.156 e. The van der Waals surface area contributed by atoms with Gasteiger partial charge in [-0.3, -0.25) is 0 Å². The maximum absolute atomic E-state index is 9.85. The Hall–Kier alpha value is -0.590. The molecule has 1 saturated heterocycles. The van der Waals surface area contributed by atoms with Gasteiger partial charge in [-0.25, -0.2) is 0 Å². The van der Waals surface area contributed by atoms with Crippen LogP contribution in [0.4, 0.5) is 0 Å². The molecule has 0 bridgehead atoms. The van der Waals surface area contributed by atoms with Crippen LogP contribution in [-0.2, 0) is 0 Å². The molecule has 1 N–H and O–H groups in total. The van der Waals surface area contributed by atoms with E-state index in [0.29, 0.717) is 12.5 Å². The molecule has 0 spiro atoms. The van der Waals surface area contributed by atoms with Crippen molar-refractivity contribution in [3.05, 3.63) is 0 Å². The molecular formula is C9H16N2O. The van der Waals surface area contributed by atoms with Crippen molar-refractivity contribution in [3.63, 3.8) is 0 Å². The van der Waals surface area contributed by atoms with E-state index in [1.165, 1.54) is 0 Å². The lowest BCUT2D eigenvalue weighted by Gasteiger charge is -2.41. The molecule has 1 aliphatic rings. The zero-order valence-corrected chi connectivity index (χ0v) is 7.91. The molecule has 0 amide bonds. The summed E-state index contributed by atoms with van der Waals surface area (Å²) in [4.78, 5) is 2.18. The SMILES string of the molecule is C[C@@H]1C[C@](O)(C#N)[C@@H](C)CN1C. The molecule has 3 heteroatoms. The summed E-state index contributed by atoms with van der Waals surface area (Å²) in [6.45, 7) is 4.75. The predicted molar refractivity (Wildman–Crippen MR) is 46.4 cm³/mol. The number of hydrogen-bond acceptors (Lipinski definition) is 3. The van der Waals surface area contributed by atoms with E-state index in [2.05, 4.69) is 4.90 Å². The first-order valence-electron chi connectivity index (χ1n) is 4.33. The molecule has 3 nitrogen and oxygen atoms in total. The van der Waals surface area contributed by atoms with Crippen LogP contribution in [0.3, 0.4) is 0 Å². The highest BCUT2D eigenvalue weighted by molar-refractivity contribution is 5.08. The molecule has 3 atom stereocenters. The van der Waals surface area contributed by atoms with Gasteiger partial charge in [0.2, 0.25) is 0 Å². The van der Waals surface area contributed by atoms with Crippen molar-refractivity contribution in [2.75, 3.05) is 13.6 Å². The van der Waals surface area contributed by atoms with Crippen LogP contribution < -0.4 is 0 Å². The summed E-state index contributed by atoms with van der Waals surface area (Å²) in [5, 5.41) is 18.7. The Kier molecular flexibility index (Phi) is 2.41. The molecule has 0 unspecified atom stereocenters. The van der Waals surface area contributed by atoms with Crippen molar-refractivity contribution in [1.29, 1.82) is 5.26 Å². The van der Waals surface area contributed by atoms with Gasteiger partial charge in [-0.15, -0.1) is 0 Å². The van der Waals surface area contributed by atoms with Crippen molar-refractivity contribution in [1.82, 2.24) is 4.90 Å². The first-order chi connectivity index (χ1) is 5.49. The summed E-state index contributed by atoms with van der Waals surface area (Å²) in [5.74, 6) is 0.0451. The van der Waals surface area contributed by atoms with Crippen molar-refractivity contribution in [3.8, 4) is 6.07 Å². The number of nitriles is 1. The average molecular weight is 168 g/mol. The quantitative estimate of drug-likeness (QED) is 0.539. The van der Waals surface area contributed by atoms with E-state index in [9.17, 15) is 5.11 Å². The summed E-state index contributed by atoms with van der Waals surface area (Å²) in [5.41, 5.74) is -1.11. The minimum absolute atomic E-state index is 0.0451. The number of hydrogen-bond donors (Lipinski definition) is 1. The number of piperidine rings is 1. The van der Waals surface area contributed by atoms with Gasteiger partial charge in [0.25, 0.3) is 0 Å². The van der Waals surface area contributed by atoms with Crippen LogP contribution in [0.15, 0.2) is 0 Å². The maximum atomic E-state index is 9.85. The van der Waals surface area contributed by atoms with Gasteiger partial charge in [-0.05, 0) is 14.0 Å². The second-order valence-corrected chi connectivity index (χ2v) is 3.93. The molecule has 0 aliphatic carbocycles. The van der Waals surface area contributed by atoms with E-state index in [1.54, 1.807) is 0 Å². The van der Waals surface area contributed by atoms with Crippen LogP contribution in [0, 0.1) is 17.2 Å². The molecule has 0 aromatic rings. The van der Waals surface area contributed by atoms with Crippen molar-refractivity contribution in [2.45, 2.75) is 31.9 Å². The predicted octanol–water partition coefficient (Wildman–Crippen LogP) is 0.601. The highest BCUT2D eigenvalue weighted by Crippen LogP contribution is 2.29.